The van der Waals surface area contributed by atoms with Gasteiger partial charge in [-0.15, -0.1) is 0 Å². The SMILES string of the molecule is COC(=O)c1cccc2[nH]cc(C=C(C#N)C(N)=O)c12. The zero-order valence-electron chi connectivity index (χ0n) is 10.6. The third-order valence-corrected chi connectivity index (χ3v) is 2.83. The van der Waals surface area contributed by atoms with Crippen molar-refractivity contribution in [1.29, 1.82) is 5.26 Å². The summed E-state index contributed by atoms with van der Waals surface area (Å²) >= 11 is 0. The molecule has 6 nitrogen and oxygen atoms in total. The van der Waals surface area contributed by atoms with Gasteiger partial charge in [0.25, 0.3) is 5.91 Å². The average molecular weight is 269 g/mol. The summed E-state index contributed by atoms with van der Waals surface area (Å²) in [6, 6.07) is 6.81. The van der Waals surface area contributed by atoms with Crippen LogP contribution in [0.15, 0.2) is 30.0 Å². The van der Waals surface area contributed by atoms with Crippen LogP contribution in [-0.2, 0) is 9.53 Å². The molecule has 2 aromatic rings. The van der Waals surface area contributed by atoms with E-state index in [4.69, 9.17) is 15.7 Å². The number of benzene rings is 1. The molecule has 1 aromatic carbocycles. The Hall–Kier alpha value is -3.07. The summed E-state index contributed by atoms with van der Waals surface area (Å²) in [5.74, 6) is -1.32. The highest BCUT2D eigenvalue weighted by atomic mass is 16.5. The largest absolute Gasteiger partial charge is 0.465 e. The monoisotopic (exact) mass is 269 g/mol. The van der Waals surface area contributed by atoms with E-state index in [0.717, 1.165) is 0 Å². The second-order valence-corrected chi connectivity index (χ2v) is 4.00. The number of rotatable bonds is 3. The molecule has 0 radical (unpaired) electrons. The standard InChI is InChI=1S/C14H11N3O3/c1-20-14(19)10-3-2-4-11-12(10)9(7-17-11)5-8(6-15)13(16)18/h2-5,7,17H,1H3,(H2,16,18). The van der Waals surface area contributed by atoms with Gasteiger partial charge in [-0.25, -0.2) is 4.79 Å². The van der Waals surface area contributed by atoms with E-state index in [-0.39, 0.29) is 5.57 Å². The van der Waals surface area contributed by atoms with Gasteiger partial charge < -0.3 is 15.5 Å². The Morgan fingerprint density at radius 2 is 2.20 bits per heavy atom. The Balaban J connectivity index is 2.70. The molecule has 0 bridgehead atoms. The summed E-state index contributed by atoms with van der Waals surface area (Å²) in [6.07, 6.45) is 2.94. The lowest BCUT2D eigenvalue weighted by Crippen LogP contribution is -2.12. The third kappa shape index (κ3) is 2.24. The zero-order valence-corrected chi connectivity index (χ0v) is 10.6. The first-order chi connectivity index (χ1) is 9.58. The normalized spacial score (nSPS) is 11.1. The number of aromatic amines is 1. The number of carbonyl (C=O) groups excluding carboxylic acids is 2. The van der Waals surface area contributed by atoms with Gasteiger partial charge in [0, 0.05) is 22.7 Å². The van der Waals surface area contributed by atoms with Gasteiger partial charge in [0.15, 0.2) is 0 Å². The van der Waals surface area contributed by atoms with Crippen LogP contribution in [0.3, 0.4) is 0 Å². The number of primary amides is 1. The predicted octanol–water partition coefficient (Wildman–Crippen LogP) is 1.35. The van der Waals surface area contributed by atoms with Gasteiger partial charge in [-0.2, -0.15) is 5.26 Å². The van der Waals surface area contributed by atoms with Crippen LogP contribution in [0.5, 0.6) is 0 Å². The van der Waals surface area contributed by atoms with E-state index in [2.05, 4.69) is 4.98 Å². The lowest BCUT2D eigenvalue weighted by molar-refractivity contribution is -0.114. The van der Waals surface area contributed by atoms with Crippen LogP contribution >= 0.6 is 0 Å². The fourth-order valence-corrected chi connectivity index (χ4v) is 1.92. The van der Waals surface area contributed by atoms with Crippen molar-refractivity contribution in [3.8, 4) is 6.07 Å². The molecular weight excluding hydrogens is 258 g/mol. The second-order valence-electron chi connectivity index (χ2n) is 4.00. The maximum Gasteiger partial charge on any atom is 0.338 e. The van der Waals surface area contributed by atoms with Gasteiger partial charge in [0.05, 0.1) is 12.7 Å². The highest BCUT2D eigenvalue weighted by Gasteiger charge is 2.15. The van der Waals surface area contributed by atoms with Crippen LogP contribution in [0.1, 0.15) is 15.9 Å². The topological polar surface area (TPSA) is 109 Å². The molecule has 0 unspecified atom stereocenters. The van der Waals surface area contributed by atoms with Gasteiger partial charge in [-0.05, 0) is 18.2 Å². The van der Waals surface area contributed by atoms with Crippen molar-refractivity contribution >= 4 is 28.9 Å². The number of esters is 1. The Morgan fingerprint density at radius 3 is 2.80 bits per heavy atom. The molecule has 1 heterocycles. The summed E-state index contributed by atoms with van der Waals surface area (Å²) < 4.78 is 4.72. The molecule has 100 valence electrons. The van der Waals surface area contributed by atoms with Crippen LogP contribution in [-0.4, -0.2) is 24.0 Å². The minimum Gasteiger partial charge on any atom is -0.465 e. The van der Waals surface area contributed by atoms with Gasteiger partial charge >= 0.3 is 5.97 Å². The van der Waals surface area contributed by atoms with Crippen LogP contribution in [0, 0.1) is 11.3 Å². The molecule has 0 aliphatic heterocycles. The van der Waals surface area contributed by atoms with Crippen molar-refractivity contribution in [1.82, 2.24) is 4.98 Å². The smallest absolute Gasteiger partial charge is 0.338 e. The van der Waals surface area contributed by atoms with Crippen molar-refractivity contribution in [2.75, 3.05) is 7.11 Å². The molecule has 0 saturated heterocycles. The quantitative estimate of drug-likeness (QED) is 0.498. The Kier molecular flexibility index (Phi) is 3.53. The van der Waals surface area contributed by atoms with Gasteiger partial charge in [-0.3, -0.25) is 4.79 Å². The summed E-state index contributed by atoms with van der Waals surface area (Å²) in [5, 5.41) is 9.45. The molecule has 20 heavy (non-hydrogen) atoms. The van der Waals surface area contributed by atoms with E-state index < -0.39 is 11.9 Å². The van der Waals surface area contributed by atoms with Crippen LogP contribution in [0.4, 0.5) is 0 Å². The van der Waals surface area contributed by atoms with Crippen molar-refractivity contribution in [2.24, 2.45) is 5.73 Å². The third-order valence-electron chi connectivity index (χ3n) is 2.83. The van der Waals surface area contributed by atoms with E-state index in [1.54, 1.807) is 30.5 Å². The number of H-pyrrole nitrogens is 1. The molecule has 3 N–H and O–H groups in total. The molecular formula is C14H11N3O3. The second kappa shape index (κ2) is 5.28. The van der Waals surface area contributed by atoms with Gasteiger partial charge in [-0.1, -0.05) is 6.07 Å². The van der Waals surface area contributed by atoms with Gasteiger partial charge in [0.1, 0.15) is 11.6 Å². The van der Waals surface area contributed by atoms with E-state index >= 15 is 0 Å². The fourth-order valence-electron chi connectivity index (χ4n) is 1.92. The number of carbonyl (C=O) groups is 2. The number of nitriles is 1. The highest BCUT2D eigenvalue weighted by Crippen LogP contribution is 2.25. The highest BCUT2D eigenvalue weighted by molar-refractivity contribution is 6.09. The molecule has 6 heteroatoms. The Bertz CT molecular complexity index is 766. The number of hydrogen-bond acceptors (Lipinski definition) is 4. The van der Waals surface area contributed by atoms with Crippen molar-refractivity contribution in [2.45, 2.75) is 0 Å². The summed E-state index contributed by atoms with van der Waals surface area (Å²) in [7, 11) is 1.29. The Morgan fingerprint density at radius 1 is 1.45 bits per heavy atom. The van der Waals surface area contributed by atoms with Crippen LogP contribution in [0.2, 0.25) is 0 Å². The maximum absolute atomic E-state index is 11.8. The lowest BCUT2D eigenvalue weighted by Gasteiger charge is -2.02. The molecule has 0 saturated carbocycles. The number of methoxy groups -OCH3 is 1. The van der Waals surface area contributed by atoms with Crippen molar-refractivity contribution < 1.29 is 14.3 Å². The first-order valence-corrected chi connectivity index (χ1v) is 5.68. The molecule has 0 spiro atoms. The fraction of sp³-hybridized carbons (Fsp3) is 0.0714. The number of nitrogens with two attached hydrogens (primary N) is 1. The minimum atomic E-state index is -0.822. The number of hydrogen-bond donors (Lipinski definition) is 2. The first kappa shape index (κ1) is 13.4. The van der Waals surface area contributed by atoms with E-state index in [0.29, 0.717) is 22.0 Å². The number of fused-ring (bicyclic) bond motifs is 1. The number of aromatic nitrogens is 1. The molecule has 1 amide bonds. The number of ether oxygens (including phenoxy) is 1. The minimum absolute atomic E-state index is 0.189. The summed E-state index contributed by atoms with van der Waals surface area (Å²) in [6.45, 7) is 0. The van der Waals surface area contributed by atoms with E-state index in [1.165, 1.54) is 13.2 Å². The molecule has 2 rings (SSSR count). The number of nitrogens with zero attached hydrogens (tertiary/aromatic N) is 1. The van der Waals surface area contributed by atoms with E-state index in [1.807, 2.05) is 0 Å². The maximum atomic E-state index is 11.8. The Labute approximate surface area is 114 Å². The molecule has 0 aliphatic carbocycles. The van der Waals surface area contributed by atoms with Crippen LogP contribution in [0.25, 0.3) is 17.0 Å². The van der Waals surface area contributed by atoms with Crippen molar-refractivity contribution in [3.05, 3.63) is 41.1 Å². The molecule has 1 aromatic heterocycles. The zero-order chi connectivity index (χ0) is 14.7. The molecule has 0 fully saturated rings. The van der Waals surface area contributed by atoms with Crippen LogP contribution < -0.4 is 5.73 Å². The molecule has 0 atom stereocenters. The number of nitrogens with one attached hydrogen (secondary N) is 1. The summed E-state index contributed by atoms with van der Waals surface area (Å²) in [4.78, 5) is 25.8. The summed E-state index contributed by atoms with van der Waals surface area (Å²) in [5.41, 5.74) is 6.48. The number of amides is 1. The van der Waals surface area contributed by atoms with Crippen molar-refractivity contribution in [3.63, 3.8) is 0 Å². The first-order valence-electron chi connectivity index (χ1n) is 5.68. The van der Waals surface area contributed by atoms with Gasteiger partial charge in [0.2, 0.25) is 0 Å². The average Bonchev–Trinajstić information content (AvgIpc) is 2.86. The molecule has 0 aliphatic rings. The van der Waals surface area contributed by atoms with E-state index in [9.17, 15) is 9.59 Å². The lowest BCUT2D eigenvalue weighted by atomic mass is 10.0. The predicted molar refractivity (Wildman–Crippen MR) is 72.4 cm³/mol.